The number of piperazine rings is 1. The maximum Gasteiger partial charge on any atom is 0.415 e. The van der Waals surface area contributed by atoms with Crippen LogP contribution in [0.2, 0.25) is 0 Å². The smallest absolute Gasteiger partial charge is 0.409 e. The Morgan fingerprint density at radius 1 is 1.00 bits per heavy atom. The first-order valence-electron chi connectivity index (χ1n) is 8.22. The first-order valence-corrected chi connectivity index (χ1v) is 9.04. The molecule has 0 bridgehead atoms. The fourth-order valence-corrected chi connectivity index (χ4v) is 3.70. The summed E-state index contributed by atoms with van der Waals surface area (Å²) in [4.78, 5) is 36.5. The van der Waals surface area contributed by atoms with Gasteiger partial charge in [-0.2, -0.15) is 0 Å². The predicted molar refractivity (Wildman–Crippen MR) is 97.4 cm³/mol. The van der Waals surface area contributed by atoms with Gasteiger partial charge in [0.1, 0.15) is 0 Å². The van der Waals surface area contributed by atoms with Gasteiger partial charge in [0, 0.05) is 32.4 Å². The Morgan fingerprint density at radius 3 is 2.50 bits per heavy atom. The van der Waals surface area contributed by atoms with E-state index in [0.717, 1.165) is 10.2 Å². The average molecular weight is 368 g/mol. The molecule has 3 aromatic rings. The maximum absolute atomic E-state index is 12.7. The first-order chi connectivity index (χ1) is 12.7. The van der Waals surface area contributed by atoms with E-state index in [-0.39, 0.29) is 5.91 Å². The normalized spacial score (nSPS) is 14.5. The number of carbonyl (C=O) groups is 2. The largest absolute Gasteiger partial charge is 0.415 e. The zero-order valence-corrected chi connectivity index (χ0v) is 14.7. The quantitative estimate of drug-likeness (QED) is 0.695. The number of rotatable bonds is 2. The molecule has 1 aliphatic rings. The van der Waals surface area contributed by atoms with Gasteiger partial charge in [0.15, 0.2) is 10.8 Å². The minimum Gasteiger partial charge on any atom is -0.409 e. The molecule has 1 fully saturated rings. The molecule has 0 radical (unpaired) electrons. The molecule has 26 heavy (non-hydrogen) atoms. The van der Waals surface area contributed by atoms with Gasteiger partial charge in [-0.25, -0.2) is 9.78 Å². The molecule has 2 aromatic heterocycles. The van der Waals surface area contributed by atoms with Crippen molar-refractivity contribution in [2.75, 3.05) is 26.2 Å². The summed E-state index contributed by atoms with van der Waals surface area (Å²) >= 11 is 1.39. The van der Waals surface area contributed by atoms with Gasteiger partial charge in [-0.05, 0) is 24.3 Å². The molecule has 0 unspecified atom stereocenters. The lowest BCUT2D eigenvalue weighted by Gasteiger charge is -2.33. The number of nitrogens with zero attached hydrogens (tertiary/aromatic N) is 4. The second-order valence-corrected chi connectivity index (χ2v) is 6.85. The highest BCUT2D eigenvalue weighted by atomic mass is 32.1. The number of aromatic nitrogens is 2. The van der Waals surface area contributed by atoms with Crippen molar-refractivity contribution in [1.29, 1.82) is 0 Å². The minimum atomic E-state index is -0.426. The van der Waals surface area contributed by atoms with Crippen molar-refractivity contribution in [2.45, 2.75) is 0 Å². The van der Waals surface area contributed by atoms with Crippen LogP contribution in [0.25, 0.3) is 10.2 Å². The van der Waals surface area contributed by atoms with Gasteiger partial charge < -0.3 is 14.5 Å². The van der Waals surface area contributed by atoms with Crippen molar-refractivity contribution in [3.8, 4) is 5.75 Å². The van der Waals surface area contributed by atoms with Gasteiger partial charge in [0.2, 0.25) is 0 Å². The second kappa shape index (κ2) is 7.09. The Bertz CT molecular complexity index is 903. The third-order valence-corrected chi connectivity index (χ3v) is 5.17. The van der Waals surface area contributed by atoms with Crippen LogP contribution in [0.1, 0.15) is 9.80 Å². The summed E-state index contributed by atoms with van der Waals surface area (Å²) in [6.07, 6.45) is 2.68. The van der Waals surface area contributed by atoms with Crippen LogP contribution in [0.5, 0.6) is 5.75 Å². The number of para-hydroxylation sites is 1. The zero-order valence-electron chi connectivity index (χ0n) is 13.9. The highest BCUT2D eigenvalue weighted by Gasteiger charge is 2.27. The summed E-state index contributed by atoms with van der Waals surface area (Å²) in [5, 5.41) is 0.484. The molecule has 0 atom stereocenters. The number of hydrogen-bond donors (Lipinski definition) is 0. The third-order valence-electron chi connectivity index (χ3n) is 4.14. The van der Waals surface area contributed by atoms with E-state index in [1.54, 1.807) is 28.1 Å². The van der Waals surface area contributed by atoms with Crippen molar-refractivity contribution in [2.24, 2.45) is 0 Å². The number of hydrogen-bond acceptors (Lipinski definition) is 6. The number of pyridine rings is 1. The van der Waals surface area contributed by atoms with Gasteiger partial charge in [0.25, 0.3) is 5.91 Å². The molecule has 0 aliphatic carbocycles. The molecule has 0 spiro atoms. The lowest BCUT2D eigenvalue weighted by Crippen LogP contribution is -2.51. The monoisotopic (exact) mass is 368 g/mol. The van der Waals surface area contributed by atoms with Crippen molar-refractivity contribution < 1.29 is 14.3 Å². The van der Waals surface area contributed by atoms with Gasteiger partial charge >= 0.3 is 6.09 Å². The Labute approximate surface area is 153 Å². The van der Waals surface area contributed by atoms with Crippen LogP contribution in [-0.2, 0) is 0 Å². The lowest BCUT2D eigenvalue weighted by molar-refractivity contribution is 0.0633. The third kappa shape index (κ3) is 3.36. The van der Waals surface area contributed by atoms with Gasteiger partial charge in [-0.15, -0.1) is 11.3 Å². The number of fused-ring (bicyclic) bond motifs is 1. The summed E-state index contributed by atoms with van der Waals surface area (Å²) in [6, 6.07) is 11.1. The lowest BCUT2D eigenvalue weighted by atomic mass is 10.3. The summed E-state index contributed by atoms with van der Waals surface area (Å²) < 4.78 is 6.28. The molecule has 1 saturated heterocycles. The van der Waals surface area contributed by atoms with Crippen LogP contribution in [0.15, 0.2) is 48.8 Å². The summed E-state index contributed by atoms with van der Waals surface area (Å²) in [6.45, 7) is 1.76. The number of amides is 2. The van der Waals surface area contributed by atoms with Crippen LogP contribution >= 0.6 is 11.3 Å². The Balaban J connectivity index is 1.37. The first kappa shape index (κ1) is 16.5. The van der Waals surface area contributed by atoms with E-state index in [4.69, 9.17) is 4.74 Å². The highest BCUT2D eigenvalue weighted by molar-refractivity contribution is 7.20. The molecule has 0 saturated carbocycles. The van der Waals surface area contributed by atoms with E-state index >= 15 is 0 Å². The summed E-state index contributed by atoms with van der Waals surface area (Å²) in [5.41, 5.74) is 0.833. The van der Waals surface area contributed by atoms with Crippen molar-refractivity contribution >= 4 is 33.6 Å². The molecule has 4 rings (SSSR count). The molecule has 7 nitrogen and oxygen atoms in total. The average Bonchev–Trinajstić information content (AvgIpc) is 3.12. The topological polar surface area (TPSA) is 75.6 Å². The molecule has 132 valence electrons. The van der Waals surface area contributed by atoms with Crippen LogP contribution in [0.4, 0.5) is 4.79 Å². The van der Waals surface area contributed by atoms with E-state index in [9.17, 15) is 9.59 Å². The van der Waals surface area contributed by atoms with Crippen molar-refractivity contribution in [3.05, 3.63) is 53.8 Å². The van der Waals surface area contributed by atoms with E-state index in [0.29, 0.717) is 36.9 Å². The van der Waals surface area contributed by atoms with E-state index < -0.39 is 6.09 Å². The second-order valence-electron chi connectivity index (χ2n) is 5.82. The number of ether oxygens (including phenoxy) is 1. The standard InChI is InChI=1S/C18H16N4O3S/c23-17(16-20-14-5-1-2-6-15(14)26-16)21-8-10-22(11-9-21)18(24)25-13-4-3-7-19-12-13/h1-7,12H,8-11H2. The van der Waals surface area contributed by atoms with E-state index in [1.807, 2.05) is 24.3 Å². The fourth-order valence-electron chi connectivity index (χ4n) is 2.76. The maximum atomic E-state index is 12.7. The van der Waals surface area contributed by atoms with Gasteiger partial charge in [0.05, 0.1) is 16.4 Å². The summed E-state index contributed by atoms with van der Waals surface area (Å²) in [5.74, 6) is 0.317. The van der Waals surface area contributed by atoms with E-state index in [1.165, 1.54) is 17.5 Å². The van der Waals surface area contributed by atoms with Gasteiger partial charge in [-0.3, -0.25) is 9.78 Å². The molecule has 8 heteroatoms. The van der Waals surface area contributed by atoms with Crippen molar-refractivity contribution in [1.82, 2.24) is 19.8 Å². The zero-order chi connectivity index (χ0) is 17.9. The predicted octanol–water partition coefficient (Wildman–Crippen LogP) is 2.65. The molecular weight excluding hydrogens is 352 g/mol. The Kier molecular flexibility index (Phi) is 4.49. The summed E-state index contributed by atoms with van der Waals surface area (Å²) in [7, 11) is 0. The highest BCUT2D eigenvalue weighted by Crippen LogP contribution is 2.23. The fraction of sp³-hybridized carbons (Fsp3) is 0.222. The van der Waals surface area contributed by atoms with Crippen LogP contribution < -0.4 is 4.74 Å². The van der Waals surface area contributed by atoms with Crippen LogP contribution in [-0.4, -0.2) is 57.9 Å². The Morgan fingerprint density at radius 2 is 1.77 bits per heavy atom. The van der Waals surface area contributed by atoms with Gasteiger partial charge in [-0.1, -0.05) is 12.1 Å². The molecule has 3 heterocycles. The molecule has 2 amide bonds. The molecular formula is C18H16N4O3S. The number of thiazole rings is 1. The molecule has 1 aliphatic heterocycles. The number of carbonyl (C=O) groups excluding carboxylic acids is 2. The Hall–Kier alpha value is -3.00. The minimum absolute atomic E-state index is 0.0912. The van der Waals surface area contributed by atoms with Crippen LogP contribution in [0.3, 0.4) is 0 Å². The van der Waals surface area contributed by atoms with E-state index in [2.05, 4.69) is 9.97 Å². The molecule has 1 aromatic carbocycles. The van der Waals surface area contributed by atoms with Crippen LogP contribution in [0, 0.1) is 0 Å². The SMILES string of the molecule is O=C(Oc1cccnc1)N1CCN(C(=O)c2nc3ccccc3s2)CC1. The van der Waals surface area contributed by atoms with Crippen molar-refractivity contribution in [3.63, 3.8) is 0 Å². The number of benzene rings is 1. The molecule has 0 N–H and O–H groups in total.